The molecule has 0 aliphatic heterocycles. The fraction of sp³-hybridized carbons (Fsp3) is 0.583. The van der Waals surface area contributed by atoms with E-state index in [0.717, 1.165) is 19.3 Å². The van der Waals surface area contributed by atoms with Gasteiger partial charge < -0.3 is 0 Å². The Morgan fingerprint density at radius 2 is 2.15 bits per heavy atom. The molecule has 0 aromatic carbocycles. The van der Waals surface area contributed by atoms with Crippen molar-refractivity contribution in [1.29, 1.82) is 0 Å². The molecule has 13 heavy (non-hydrogen) atoms. The van der Waals surface area contributed by atoms with Crippen LogP contribution in [0.1, 0.15) is 33.1 Å². The molecule has 1 fully saturated rings. The van der Waals surface area contributed by atoms with Gasteiger partial charge in [0.15, 0.2) is 0 Å². The molecule has 0 N–H and O–H groups in total. The molecule has 1 nitrogen and oxygen atoms in total. The van der Waals surface area contributed by atoms with Crippen molar-refractivity contribution in [3.05, 3.63) is 23.8 Å². The van der Waals surface area contributed by atoms with Gasteiger partial charge in [0.05, 0.1) is 0 Å². The van der Waals surface area contributed by atoms with Gasteiger partial charge in [0.25, 0.3) is 0 Å². The molecular formula is C12H16O. The van der Waals surface area contributed by atoms with Gasteiger partial charge in [0.1, 0.15) is 5.78 Å². The summed E-state index contributed by atoms with van der Waals surface area (Å²) in [4.78, 5) is 11.7. The van der Waals surface area contributed by atoms with E-state index in [2.05, 4.69) is 32.1 Å². The van der Waals surface area contributed by atoms with Crippen LogP contribution in [0.4, 0.5) is 0 Å². The van der Waals surface area contributed by atoms with E-state index in [-0.39, 0.29) is 11.3 Å². The van der Waals surface area contributed by atoms with Gasteiger partial charge in [-0.2, -0.15) is 0 Å². The Morgan fingerprint density at radius 3 is 2.92 bits per heavy atom. The van der Waals surface area contributed by atoms with Crippen molar-refractivity contribution in [3.63, 3.8) is 0 Å². The third kappa shape index (κ3) is 1.37. The summed E-state index contributed by atoms with van der Waals surface area (Å²) < 4.78 is 0. The van der Waals surface area contributed by atoms with Crippen LogP contribution < -0.4 is 0 Å². The lowest BCUT2D eigenvalue weighted by Crippen LogP contribution is -2.10. The van der Waals surface area contributed by atoms with Crippen molar-refractivity contribution in [2.24, 2.45) is 11.3 Å². The average molecular weight is 176 g/mol. The minimum absolute atomic E-state index is 0.119. The van der Waals surface area contributed by atoms with Crippen LogP contribution >= 0.6 is 0 Å². The van der Waals surface area contributed by atoms with Crippen LogP contribution in [0.2, 0.25) is 0 Å². The first-order valence-corrected chi connectivity index (χ1v) is 4.99. The first-order chi connectivity index (χ1) is 6.11. The Morgan fingerprint density at radius 1 is 1.38 bits per heavy atom. The second kappa shape index (κ2) is 2.83. The van der Waals surface area contributed by atoms with Crippen molar-refractivity contribution in [3.8, 4) is 0 Å². The van der Waals surface area contributed by atoms with Crippen LogP contribution in [0.3, 0.4) is 0 Å². The third-order valence-electron chi connectivity index (χ3n) is 3.17. The normalized spacial score (nSPS) is 31.1. The molecule has 0 radical (unpaired) electrons. The van der Waals surface area contributed by atoms with Crippen LogP contribution in [0.25, 0.3) is 0 Å². The van der Waals surface area contributed by atoms with Gasteiger partial charge in [-0.05, 0) is 18.3 Å². The van der Waals surface area contributed by atoms with E-state index >= 15 is 0 Å². The Bertz CT molecular complexity index is 294. The van der Waals surface area contributed by atoms with E-state index in [1.807, 2.05) is 0 Å². The molecule has 2 aliphatic rings. The van der Waals surface area contributed by atoms with E-state index in [9.17, 15) is 4.79 Å². The van der Waals surface area contributed by atoms with Crippen molar-refractivity contribution >= 4 is 5.78 Å². The zero-order valence-electron chi connectivity index (χ0n) is 8.34. The first kappa shape index (κ1) is 8.74. The van der Waals surface area contributed by atoms with Gasteiger partial charge in [0, 0.05) is 12.3 Å². The molecule has 0 aromatic heterocycles. The Kier molecular flexibility index (Phi) is 1.90. The van der Waals surface area contributed by atoms with Gasteiger partial charge in [0.2, 0.25) is 0 Å². The Hall–Kier alpha value is -0.850. The van der Waals surface area contributed by atoms with Crippen LogP contribution in [0, 0.1) is 11.3 Å². The number of hydrogen-bond acceptors (Lipinski definition) is 1. The number of Topliss-reactive ketones (excluding diaryl/α,β-unsaturated/α-hetero) is 1. The molecule has 0 aromatic rings. The second-order valence-corrected chi connectivity index (χ2v) is 4.68. The summed E-state index contributed by atoms with van der Waals surface area (Å²) in [6.07, 6.45) is 9.22. The predicted octanol–water partition coefficient (Wildman–Crippen LogP) is 2.88. The molecule has 0 spiro atoms. The van der Waals surface area contributed by atoms with Gasteiger partial charge in [-0.1, -0.05) is 37.6 Å². The highest BCUT2D eigenvalue weighted by molar-refractivity contribution is 5.88. The second-order valence-electron chi connectivity index (χ2n) is 4.68. The van der Waals surface area contributed by atoms with Crippen molar-refractivity contribution in [2.45, 2.75) is 33.1 Å². The number of carbonyl (C=O) groups is 1. The lowest BCUT2D eigenvalue weighted by atomic mass is 9.84. The highest BCUT2D eigenvalue weighted by Crippen LogP contribution is 2.46. The number of allylic oxidation sites excluding steroid dienone is 4. The molecule has 0 amide bonds. The zero-order valence-corrected chi connectivity index (χ0v) is 8.34. The zero-order chi connectivity index (χ0) is 9.47. The van der Waals surface area contributed by atoms with Crippen LogP contribution in [0.15, 0.2) is 23.8 Å². The van der Waals surface area contributed by atoms with Crippen LogP contribution in [-0.2, 0) is 4.79 Å². The molecular weight excluding hydrogens is 160 g/mol. The number of hydrogen-bond donors (Lipinski definition) is 0. The maximum absolute atomic E-state index is 11.7. The molecule has 0 saturated heterocycles. The fourth-order valence-corrected chi connectivity index (χ4v) is 2.51. The Balaban J connectivity index is 2.38. The van der Waals surface area contributed by atoms with E-state index in [1.165, 1.54) is 5.57 Å². The molecule has 0 bridgehead atoms. The summed E-state index contributed by atoms with van der Waals surface area (Å²) >= 11 is 0. The molecule has 2 aliphatic carbocycles. The molecule has 70 valence electrons. The van der Waals surface area contributed by atoms with Crippen molar-refractivity contribution in [2.75, 3.05) is 0 Å². The smallest absolute Gasteiger partial charge is 0.141 e. The fourth-order valence-electron chi connectivity index (χ4n) is 2.51. The SMILES string of the molecule is CC1(C)CC(=O)C2CC=CCC=C21. The maximum Gasteiger partial charge on any atom is 0.141 e. The highest BCUT2D eigenvalue weighted by Gasteiger charge is 2.41. The van der Waals surface area contributed by atoms with Gasteiger partial charge >= 0.3 is 0 Å². The van der Waals surface area contributed by atoms with Gasteiger partial charge in [-0.15, -0.1) is 0 Å². The van der Waals surface area contributed by atoms with E-state index in [1.54, 1.807) is 0 Å². The summed E-state index contributed by atoms with van der Waals surface area (Å²) in [5.74, 6) is 0.636. The largest absolute Gasteiger partial charge is 0.299 e. The highest BCUT2D eigenvalue weighted by atomic mass is 16.1. The van der Waals surface area contributed by atoms with Crippen molar-refractivity contribution in [1.82, 2.24) is 0 Å². The van der Waals surface area contributed by atoms with E-state index in [0.29, 0.717) is 5.78 Å². The Labute approximate surface area is 79.5 Å². The molecule has 0 heterocycles. The summed E-state index contributed by atoms with van der Waals surface area (Å²) in [7, 11) is 0. The molecule has 1 heteroatoms. The molecule has 1 saturated carbocycles. The third-order valence-corrected chi connectivity index (χ3v) is 3.17. The van der Waals surface area contributed by atoms with Gasteiger partial charge in [-0.3, -0.25) is 4.79 Å². The standard InChI is InChI=1S/C12H16O/c1-12(2)8-11(13)9-6-4-3-5-7-10(9)12/h3-4,7,9H,5-6,8H2,1-2H3. The number of ketones is 1. The summed E-state index contributed by atoms with van der Waals surface area (Å²) in [5.41, 5.74) is 1.50. The number of rotatable bonds is 0. The minimum Gasteiger partial charge on any atom is -0.299 e. The monoisotopic (exact) mass is 176 g/mol. The lowest BCUT2D eigenvalue weighted by Gasteiger charge is -2.20. The summed E-state index contributed by atoms with van der Waals surface area (Å²) in [5, 5.41) is 0. The number of carbonyl (C=O) groups excluding carboxylic acids is 1. The topological polar surface area (TPSA) is 17.1 Å². The minimum atomic E-state index is 0.119. The van der Waals surface area contributed by atoms with E-state index < -0.39 is 0 Å². The maximum atomic E-state index is 11.7. The van der Waals surface area contributed by atoms with Crippen LogP contribution in [0.5, 0.6) is 0 Å². The van der Waals surface area contributed by atoms with Crippen molar-refractivity contribution < 1.29 is 4.79 Å². The molecule has 2 rings (SSSR count). The first-order valence-electron chi connectivity index (χ1n) is 4.99. The average Bonchev–Trinajstić information content (AvgIpc) is 2.28. The quantitative estimate of drug-likeness (QED) is 0.519. The van der Waals surface area contributed by atoms with E-state index in [4.69, 9.17) is 0 Å². The van der Waals surface area contributed by atoms with Crippen LogP contribution in [-0.4, -0.2) is 5.78 Å². The summed E-state index contributed by atoms with van der Waals surface area (Å²) in [6.45, 7) is 4.37. The molecule has 1 unspecified atom stereocenters. The molecule has 1 atom stereocenters. The predicted molar refractivity (Wildman–Crippen MR) is 53.4 cm³/mol. The van der Waals surface area contributed by atoms with Gasteiger partial charge in [-0.25, -0.2) is 0 Å². The lowest BCUT2D eigenvalue weighted by molar-refractivity contribution is -0.120. The number of fused-ring (bicyclic) bond motifs is 1. The summed E-state index contributed by atoms with van der Waals surface area (Å²) in [6, 6.07) is 0.